The maximum atomic E-state index is 8.52. The number of hydrogen-bond donors (Lipinski definition) is 1. The van der Waals surface area contributed by atoms with Crippen molar-refractivity contribution in [3.63, 3.8) is 0 Å². The zero-order chi connectivity index (χ0) is 11.4. The third kappa shape index (κ3) is 2.09. The number of pyridine rings is 1. The van der Waals surface area contributed by atoms with Gasteiger partial charge in [-0.25, -0.2) is 4.98 Å². The van der Waals surface area contributed by atoms with Crippen LogP contribution in [0.3, 0.4) is 0 Å². The Labute approximate surface area is 94.0 Å². The van der Waals surface area contributed by atoms with Crippen LogP contribution in [0.2, 0.25) is 0 Å². The smallest absolute Gasteiger partial charge is 0.108 e. The number of rotatable bonds is 3. The van der Waals surface area contributed by atoms with Crippen molar-refractivity contribution < 1.29 is 0 Å². The first kappa shape index (κ1) is 10.4. The fraction of sp³-hybridized carbons (Fsp3) is 0.250. The van der Waals surface area contributed by atoms with Crippen molar-refractivity contribution in [1.82, 2.24) is 15.0 Å². The van der Waals surface area contributed by atoms with Crippen molar-refractivity contribution >= 4 is 0 Å². The van der Waals surface area contributed by atoms with E-state index in [1.807, 2.05) is 19.1 Å². The summed E-state index contributed by atoms with van der Waals surface area (Å²) in [6, 6.07) is 5.98. The summed E-state index contributed by atoms with van der Waals surface area (Å²) in [6.45, 7) is 1.98. The number of aromatic amines is 1. The molecular formula is C12H12N4. The molecule has 2 rings (SSSR count). The minimum Gasteiger partial charge on any atom is -0.346 e. The van der Waals surface area contributed by atoms with Crippen molar-refractivity contribution in [2.75, 3.05) is 0 Å². The van der Waals surface area contributed by atoms with E-state index in [-0.39, 0.29) is 0 Å². The molecule has 0 saturated carbocycles. The summed E-state index contributed by atoms with van der Waals surface area (Å²) >= 11 is 0. The Morgan fingerprint density at radius 2 is 2.38 bits per heavy atom. The predicted molar refractivity (Wildman–Crippen MR) is 60.5 cm³/mol. The second-order valence-electron chi connectivity index (χ2n) is 3.56. The van der Waals surface area contributed by atoms with Crippen molar-refractivity contribution in [3.8, 4) is 17.3 Å². The highest BCUT2D eigenvalue weighted by Gasteiger charge is 2.08. The van der Waals surface area contributed by atoms with Gasteiger partial charge >= 0.3 is 0 Å². The van der Waals surface area contributed by atoms with Gasteiger partial charge < -0.3 is 4.98 Å². The number of nitriles is 1. The molecule has 0 amide bonds. The minimum absolute atomic E-state index is 0.486. The molecule has 0 aliphatic heterocycles. The Kier molecular flexibility index (Phi) is 2.97. The molecule has 80 valence electrons. The van der Waals surface area contributed by atoms with Gasteiger partial charge in [0.05, 0.1) is 11.8 Å². The van der Waals surface area contributed by atoms with E-state index >= 15 is 0 Å². The zero-order valence-corrected chi connectivity index (χ0v) is 9.07. The molecule has 0 aromatic carbocycles. The van der Waals surface area contributed by atoms with Crippen molar-refractivity contribution in [1.29, 1.82) is 5.26 Å². The monoisotopic (exact) mass is 212 g/mol. The molecular weight excluding hydrogens is 200 g/mol. The van der Waals surface area contributed by atoms with E-state index in [1.54, 1.807) is 12.4 Å². The second-order valence-corrected chi connectivity index (χ2v) is 3.56. The molecule has 0 fully saturated rings. The van der Waals surface area contributed by atoms with E-state index in [1.165, 1.54) is 0 Å². The van der Waals surface area contributed by atoms with Gasteiger partial charge in [0.1, 0.15) is 5.82 Å². The maximum absolute atomic E-state index is 8.52. The lowest BCUT2D eigenvalue weighted by Crippen LogP contribution is -1.86. The Balaban J connectivity index is 2.29. The minimum atomic E-state index is 0.486. The van der Waals surface area contributed by atoms with Gasteiger partial charge in [-0.05, 0) is 19.1 Å². The molecule has 0 aliphatic rings. The normalized spacial score (nSPS) is 10.0. The molecule has 4 nitrogen and oxygen atoms in total. The summed E-state index contributed by atoms with van der Waals surface area (Å²) < 4.78 is 0. The van der Waals surface area contributed by atoms with Crippen LogP contribution in [0.1, 0.15) is 17.9 Å². The third-order valence-electron chi connectivity index (χ3n) is 2.34. The van der Waals surface area contributed by atoms with Gasteiger partial charge in [0, 0.05) is 36.5 Å². The lowest BCUT2D eigenvalue weighted by atomic mass is 10.2. The quantitative estimate of drug-likeness (QED) is 0.848. The summed E-state index contributed by atoms with van der Waals surface area (Å²) in [5.74, 6) is 0.859. The first-order valence-electron chi connectivity index (χ1n) is 5.14. The van der Waals surface area contributed by atoms with E-state index < -0.39 is 0 Å². The molecule has 2 aromatic rings. The summed E-state index contributed by atoms with van der Waals surface area (Å²) in [5.41, 5.74) is 2.93. The second kappa shape index (κ2) is 4.58. The Bertz CT molecular complexity index is 508. The van der Waals surface area contributed by atoms with Crippen LogP contribution in [0.4, 0.5) is 0 Å². The Hall–Kier alpha value is -2.15. The van der Waals surface area contributed by atoms with Crippen LogP contribution in [0, 0.1) is 18.3 Å². The first-order valence-corrected chi connectivity index (χ1v) is 5.14. The van der Waals surface area contributed by atoms with E-state index in [2.05, 4.69) is 21.0 Å². The number of nitrogens with zero attached hydrogens (tertiary/aromatic N) is 3. The lowest BCUT2D eigenvalue weighted by molar-refractivity contribution is 0.913. The van der Waals surface area contributed by atoms with Gasteiger partial charge in [-0.3, -0.25) is 4.98 Å². The summed E-state index contributed by atoms with van der Waals surface area (Å²) in [4.78, 5) is 11.7. The molecule has 0 saturated heterocycles. The van der Waals surface area contributed by atoms with Crippen molar-refractivity contribution in [2.24, 2.45) is 0 Å². The van der Waals surface area contributed by atoms with Gasteiger partial charge in [-0.1, -0.05) is 0 Å². The molecule has 4 heteroatoms. The summed E-state index contributed by atoms with van der Waals surface area (Å²) in [5, 5.41) is 8.52. The maximum Gasteiger partial charge on any atom is 0.108 e. The molecule has 0 atom stereocenters. The molecule has 16 heavy (non-hydrogen) atoms. The number of aromatic nitrogens is 3. The number of hydrogen-bond acceptors (Lipinski definition) is 3. The largest absolute Gasteiger partial charge is 0.346 e. The van der Waals surface area contributed by atoms with E-state index in [0.717, 1.165) is 22.8 Å². The molecule has 0 spiro atoms. The SMILES string of the molecule is Cc1[nH]c(CCC#N)nc1-c1cccnc1. The van der Waals surface area contributed by atoms with Gasteiger partial charge in [0.25, 0.3) is 0 Å². The Morgan fingerprint density at radius 1 is 1.50 bits per heavy atom. The highest BCUT2D eigenvalue weighted by molar-refractivity contribution is 5.60. The number of nitrogens with one attached hydrogen (secondary N) is 1. The fourth-order valence-electron chi connectivity index (χ4n) is 1.60. The highest BCUT2D eigenvalue weighted by atomic mass is 14.9. The van der Waals surface area contributed by atoms with Gasteiger partial charge in [-0.15, -0.1) is 0 Å². The van der Waals surface area contributed by atoms with Crippen LogP contribution in [0.15, 0.2) is 24.5 Å². The topological polar surface area (TPSA) is 65.4 Å². The molecule has 0 unspecified atom stereocenters. The predicted octanol–water partition coefficient (Wildman–Crippen LogP) is 2.24. The van der Waals surface area contributed by atoms with Gasteiger partial charge in [-0.2, -0.15) is 5.26 Å². The van der Waals surface area contributed by atoms with Crippen LogP contribution in [0.25, 0.3) is 11.3 Å². The van der Waals surface area contributed by atoms with Crippen molar-refractivity contribution in [3.05, 3.63) is 36.0 Å². The van der Waals surface area contributed by atoms with Crippen LogP contribution < -0.4 is 0 Å². The van der Waals surface area contributed by atoms with E-state index in [0.29, 0.717) is 12.8 Å². The van der Waals surface area contributed by atoms with E-state index in [9.17, 15) is 0 Å². The average Bonchev–Trinajstić information content (AvgIpc) is 2.69. The van der Waals surface area contributed by atoms with Crippen LogP contribution >= 0.6 is 0 Å². The van der Waals surface area contributed by atoms with Crippen molar-refractivity contribution in [2.45, 2.75) is 19.8 Å². The van der Waals surface area contributed by atoms with Gasteiger partial charge in [0.15, 0.2) is 0 Å². The molecule has 2 aromatic heterocycles. The van der Waals surface area contributed by atoms with Crippen LogP contribution in [-0.4, -0.2) is 15.0 Å². The molecule has 2 heterocycles. The summed E-state index contributed by atoms with van der Waals surface area (Å²) in [6.07, 6.45) is 4.68. The number of H-pyrrole nitrogens is 1. The Morgan fingerprint density at radius 3 is 3.06 bits per heavy atom. The molecule has 0 bridgehead atoms. The third-order valence-corrected chi connectivity index (χ3v) is 2.34. The highest BCUT2D eigenvalue weighted by Crippen LogP contribution is 2.20. The average molecular weight is 212 g/mol. The lowest BCUT2D eigenvalue weighted by Gasteiger charge is -1.95. The first-order chi connectivity index (χ1) is 7.81. The van der Waals surface area contributed by atoms with Crippen LogP contribution in [-0.2, 0) is 6.42 Å². The number of imidazole rings is 1. The number of aryl methyl sites for hydroxylation is 2. The van der Waals surface area contributed by atoms with E-state index in [4.69, 9.17) is 5.26 Å². The van der Waals surface area contributed by atoms with Crippen LogP contribution in [0.5, 0.6) is 0 Å². The molecule has 0 aliphatic carbocycles. The zero-order valence-electron chi connectivity index (χ0n) is 9.07. The standard InChI is InChI=1S/C12H12N4/c1-9-12(10-4-3-7-14-8-10)16-11(15-9)5-2-6-13/h3-4,7-8H,2,5H2,1H3,(H,15,16). The summed E-state index contributed by atoms with van der Waals surface area (Å²) in [7, 11) is 0. The van der Waals surface area contributed by atoms with Gasteiger partial charge in [0.2, 0.25) is 0 Å². The molecule has 1 N–H and O–H groups in total. The molecule has 0 radical (unpaired) electrons. The fourth-order valence-corrected chi connectivity index (χ4v) is 1.60.